The molecule has 0 aliphatic heterocycles. The van der Waals surface area contributed by atoms with Gasteiger partial charge in [-0.3, -0.25) is 10.00 Å². The third-order valence-corrected chi connectivity index (χ3v) is 3.36. The number of nitrogens with one attached hydrogen (secondary N) is 1. The number of rotatable bonds is 7. The molecule has 9 heteroatoms. The number of aromatic amines is 1. The van der Waals surface area contributed by atoms with E-state index in [1.165, 1.54) is 12.3 Å². The highest BCUT2D eigenvalue weighted by Gasteiger charge is 2.31. The van der Waals surface area contributed by atoms with Crippen LogP contribution in [0.5, 0.6) is 0 Å². The summed E-state index contributed by atoms with van der Waals surface area (Å²) >= 11 is 0. The van der Waals surface area contributed by atoms with E-state index in [0.29, 0.717) is 0 Å². The largest absolute Gasteiger partial charge is 0.401 e. The van der Waals surface area contributed by atoms with Crippen LogP contribution in [0.1, 0.15) is 12.0 Å². The maximum Gasteiger partial charge on any atom is 0.401 e. The first-order valence-corrected chi connectivity index (χ1v) is 7.18. The van der Waals surface area contributed by atoms with E-state index in [-0.39, 0.29) is 42.9 Å². The van der Waals surface area contributed by atoms with Gasteiger partial charge in [0.25, 0.3) is 0 Å². The van der Waals surface area contributed by atoms with E-state index < -0.39 is 24.4 Å². The Hall–Kier alpha value is -2.00. The van der Waals surface area contributed by atoms with Gasteiger partial charge >= 0.3 is 6.18 Å². The molecule has 0 fully saturated rings. The molecular formula is C15H16F5N3O. The van der Waals surface area contributed by atoms with Crippen molar-refractivity contribution >= 4 is 0 Å². The van der Waals surface area contributed by atoms with Gasteiger partial charge in [-0.2, -0.15) is 18.3 Å². The summed E-state index contributed by atoms with van der Waals surface area (Å²) in [7, 11) is 0. The summed E-state index contributed by atoms with van der Waals surface area (Å²) in [4.78, 5) is 1.04. The number of hydrogen-bond acceptors (Lipinski definition) is 3. The average molecular weight is 349 g/mol. The number of benzene rings is 1. The molecule has 0 aliphatic carbocycles. The molecular weight excluding hydrogens is 333 g/mol. The fourth-order valence-electron chi connectivity index (χ4n) is 2.39. The van der Waals surface area contributed by atoms with E-state index in [2.05, 4.69) is 10.2 Å². The quantitative estimate of drug-likeness (QED) is 0.756. The molecule has 24 heavy (non-hydrogen) atoms. The van der Waals surface area contributed by atoms with Crippen molar-refractivity contribution in [2.24, 2.45) is 0 Å². The first-order valence-electron chi connectivity index (χ1n) is 7.18. The van der Waals surface area contributed by atoms with Gasteiger partial charge in [-0.25, -0.2) is 8.78 Å². The zero-order valence-corrected chi connectivity index (χ0v) is 12.6. The number of aromatic nitrogens is 2. The van der Waals surface area contributed by atoms with Crippen LogP contribution in [0.15, 0.2) is 24.4 Å². The summed E-state index contributed by atoms with van der Waals surface area (Å²) in [6, 6.07) is 3.31. The lowest BCUT2D eigenvalue weighted by atomic mass is 10.1. The third kappa shape index (κ3) is 4.75. The standard InChI is InChI=1S/C15H16F5N3O/c16-11-3-1-4-12(17)13(11)14-10(7-21-22-14)8-23(5-2-6-24)9-15(18,19)20/h1,3-4,7,24H,2,5-6,8-9H2,(H,21,22). The fourth-order valence-corrected chi connectivity index (χ4v) is 2.39. The van der Waals surface area contributed by atoms with E-state index in [9.17, 15) is 22.0 Å². The third-order valence-electron chi connectivity index (χ3n) is 3.36. The zero-order chi connectivity index (χ0) is 17.7. The van der Waals surface area contributed by atoms with Crippen molar-refractivity contribution in [3.05, 3.63) is 41.6 Å². The number of nitrogens with zero attached hydrogens (tertiary/aromatic N) is 2. The van der Waals surface area contributed by atoms with Crippen LogP contribution >= 0.6 is 0 Å². The van der Waals surface area contributed by atoms with E-state index in [1.54, 1.807) is 0 Å². The molecule has 0 spiro atoms. The molecule has 1 heterocycles. The molecule has 0 saturated carbocycles. The lowest BCUT2D eigenvalue weighted by Crippen LogP contribution is -2.35. The van der Waals surface area contributed by atoms with Crippen molar-refractivity contribution in [3.8, 4) is 11.3 Å². The molecule has 2 aromatic rings. The molecule has 0 saturated heterocycles. The molecule has 1 aromatic carbocycles. The van der Waals surface area contributed by atoms with Gasteiger partial charge in [-0.1, -0.05) is 6.07 Å². The van der Waals surface area contributed by atoms with Crippen LogP contribution in [0.3, 0.4) is 0 Å². The minimum Gasteiger partial charge on any atom is -0.396 e. The maximum absolute atomic E-state index is 13.9. The zero-order valence-electron chi connectivity index (χ0n) is 12.6. The minimum atomic E-state index is -4.43. The van der Waals surface area contributed by atoms with E-state index in [1.807, 2.05) is 0 Å². The van der Waals surface area contributed by atoms with Crippen molar-refractivity contribution in [1.82, 2.24) is 15.1 Å². The van der Waals surface area contributed by atoms with Crippen LogP contribution in [0.4, 0.5) is 22.0 Å². The van der Waals surface area contributed by atoms with Crippen molar-refractivity contribution in [3.63, 3.8) is 0 Å². The number of halogens is 5. The Morgan fingerprint density at radius 2 is 1.83 bits per heavy atom. The first-order chi connectivity index (χ1) is 11.3. The number of hydrogen-bond donors (Lipinski definition) is 2. The van der Waals surface area contributed by atoms with Crippen LogP contribution in [0.2, 0.25) is 0 Å². The first kappa shape index (κ1) is 18.3. The summed E-state index contributed by atoms with van der Waals surface area (Å²) in [6.07, 6.45) is -3.04. The summed E-state index contributed by atoms with van der Waals surface area (Å²) < 4.78 is 65.8. The molecule has 132 valence electrons. The molecule has 0 unspecified atom stereocenters. The van der Waals surface area contributed by atoms with E-state index >= 15 is 0 Å². The second kappa shape index (κ2) is 7.71. The highest BCUT2D eigenvalue weighted by molar-refractivity contribution is 5.64. The summed E-state index contributed by atoms with van der Waals surface area (Å²) in [6.45, 7) is -1.68. The van der Waals surface area contributed by atoms with Gasteiger partial charge in [0.05, 0.1) is 24.0 Å². The number of aliphatic hydroxyl groups excluding tert-OH is 1. The average Bonchev–Trinajstić information content (AvgIpc) is 2.91. The smallest absolute Gasteiger partial charge is 0.396 e. The van der Waals surface area contributed by atoms with Gasteiger partial charge < -0.3 is 5.11 Å². The Balaban J connectivity index is 2.27. The van der Waals surface area contributed by atoms with Crippen molar-refractivity contribution < 1.29 is 27.1 Å². The van der Waals surface area contributed by atoms with E-state index in [0.717, 1.165) is 17.0 Å². The minimum absolute atomic E-state index is 0.00164. The molecule has 0 aliphatic rings. The Morgan fingerprint density at radius 1 is 1.17 bits per heavy atom. The van der Waals surface area contributed by atoms with E-state index in [4.69, 9.17) is 5.11 Å². The number of alkyl halides is 3. The molecule has 0 radical (unpaired) electrons. The van der Waals surface area contributed by atoms with Gasteiger partial charge in [0, 0.05) is 25.3 Å². The Morgan fingerprint density at radius 3 is 2.42 bits per heavy atom. The van der Waals surface area contributed by atoms with Crippen LogP contribution in [0, 0.1) is 11.6 Å². The summed E-state index contributed by atoms with van der Waals surface area (Å²) in [5.41, 5.74) is -0.123. The van der Waals surface area contributed by atoms with Gasteiger partial charge in [0.15, 0.2) is 0 Å². The molecule has 4 nitrogen and oxygen atoms in total. The summed E-state index contributed by atoms with van der Waals surface area (Å²) in [5, 5.41) is 15.0. The molecule has 2 N–H and O–H groups in total. The maximum atomic E-state index is 13.9. The fraction of sp³-hybridized carbons (Fsp3) is 0.400. The van der Waals surface area contributed by atoms with Crippen LogP contribution in [-0.4, -0.2) is 46.1 Å². The van der Waals surface area contributed by atoms with Gasteiger partial charge in [-0.05, 0) is 18.6 Å². The molecule has 2 rings (SSSR count). The SMILES string of the molecule is OCCCN(Cc1cn[nH]c1-c1c(F)cccc1F)CC(F)(F)F. The van der Waals surface area contributed by atoms with Gasteiger partial charge in [0.1, 0.15) is 11.6 Å². The Bertz CT molecular complexity index is 651. The second-order valence-corrected chi connectivity index (χ2v) is 5.27. The Kier molecular flexibility index (Phi) is 5.89. The lowest BCUT2D eigenvalue weighted by Gasteiger charge is -2.23. The predicted octanol–water partition coefficient (Wildman–Crippen LogP) is 3.10. The van der Waals surface area contributed by atoms with Crippen molar-refractivity contribution in [2.45, 2.75) is 19.1 Å². The molecule has 0 amide bonds. The van der Waals surface area contributed by atoms with Crippen LogP contribution in [-0.2, 0) is 6.54 Å². The Labute approximate surface area is 134 Å². The monoisotopic (exact) mass is 349 g/mol. The molecule has 1 aromatic heterocycles. The predicted molar refractivity (Wildman–Crippen MR) is 77.0 cm³/mol. The van der Waals surface area contributed by atoms with Crippen molar-refractivity contribution in [1.29, 1.82) is 0 Å². The second-order valence-electron chi connectivity index (χ2n) is 5.27. The topological polar surface area (TPSA) is 52.1 Å². The van der Waals surface area contributed by atoms with Crippen LogP contribution in [0.25, 0.3) is 11.3 Å². The highest BCUT2D eigenvalue weighted by atomic mass is 19.4. The number of H-pyrrole nitrogens is 1. The van der Waals surface area contributed by atoms with Gasteiger partial charge in [0.2, 0.25) is 0 Å². The molecule has 0 atom stereocenters. The lowest BCUT2D eigenvalue weighted by molar-refractivity contribution is -0.147. The molecule has 0 bridgehead atoms. The van der Waals surface area contributed by atoms with Crippen LogP contribution < -0.4 is 0 Å². The van der Waals surface area contributed by atoms with Crippen molar-refractivity contribution in [2.75, 3.05) is 19.7 Å². The normalized spacial score (nSPS) is 12.1. The highest BCUT2D eigenvalue weighted by Crippen LogP contribution is 2.28. The number of aliphatic hydroxyl groups is 1. The summed E-state index contributed by atoms with van der Waals surface area (Å²) in [5.74, 6) is -1.67. The van der Waals surface area contributed by atoms with Gasteiger partial charge in [-0.15, -0.1) is 0 Å².